The summed E-state index contributed by atoms with van der Waals surface area (Å²) in [6.45, 7) is 4.61. The molecule has 0 aliphatic rings. The van der Waals surface area contributed by atoms with Crippen LogP contribution in [-0.4, -0.2) is 30.7 Å². The number of amides is 1. The van der Waals surface area contributed by atoms with E-state index < -0.39 is 18.8 Å². The maximum Gasteiger partial charge on any atom is 0.422 e. The van der Waals surface area contributed by atoms with Gasteiger partial charge in [0.1, 0.15) is 0 Å². The minimum atomic E-state index is -4.52. The molecular weight excluding hydrogens is 299 g/mol. The molecule has 0 saturated carbocycles. The highest BCUT2D eigenvalue weighted by Crippen LogP contribution is 2.15. The molecule has 4 nitrogen and oxygen atoms in total. The van der Waals surface area contributed by atoms with Crippen LogP contribution in [-0.2, 0) is 14.3 Å². The lowest BCUT2D eigenvalue weighted by Gasteiger charge is -2.14. The zero-order valence-corrected chi connectivity index (χ0v) is 13.5. The number of rotatable bonds is 10. The molecular formula is C15H26F3NO3. The van der Waals surface area contributed by atoms with Crippen molar-refractivity contribution in [1.29, 1.82) is 0 Å². The fraction of sp³-hybridized carbons (Fsp3) is 0.867. The number of alkyl halides is 3. The second-order valence-electron chi connectivity index (χ2n) is 5.92. The SMILES string of the molecule is CC(C)CCC[C@H](C)NC(=O)CCCC(=O)OCC(F)(F)F. The van der Waals surface area contributed by atoms with Crippen LogP contribution < -0.4 is 5.32 Å². The molecule has 0 radical (unpaired) electrons. The van der Waals surface area contributed by atoms with Crippen molar-refractivity contribution in [1.82, 2.24) is 5.32 Å². The van der Waals surface area contributed by atoms with E-state index in [1.807, 2.05) is 6.92 Å². The molecule has 1 amide bonds. The molecule has 0 aliphatic heterocycles. The van der Waals surface area contributed by atoms with E-state index in [9.17, 15) is 22.8 Å². The van der Waals surface area contributed by atoms with Crippen molar-refractivity contribution in [2.45, 2.75) is 71.5 Å². The summed E-state index contributed by atoms with van der Waals surface area (Å²) in [5.74, 6) is -0.499. The Balaban J connectivity index is 3.70. The van der Waals surface area contributed by atoms with Crippen LogP contribution in [0.25, 0.3) is 0 Å². The van der Waals surface area contributed by atoms with Crippen LogP contribution >= 0.6 is 0 Å². The topological polar surface area (TPSA) is 55.4 Å². The Morgan fingerprint density at radius 3 is 2.23 bits per heavy atom. The first-order valence-electron chi connectivity index (χ1n) is 7.62. The van der Waals surface area contributed by atoms with Crippen molar-refractivity contribution in [3.8, 4) is 0 Å². The molecule has 22 heavy (non-hydrogen) atoms. The minimum absolute atomic E-state index is 0.0587. The number of ether oxygens (including phenoxy) is 1. The molecule has 0 heterocycles. The van der Waals surface area contributed by atoms with Crippen molar-refractivity contribution in [2.24, 2.45) is 5.92 Å². The first kappa shape index (κ1) is 20.7. The van der Waals surface area contributed by atoms with Crippen molar-refractivity contribution in [3.05, 3.63) is 0 Å². The lowest BCUT2D eigenvalue weighted by atomic mass is 10.0. The van der Waals surface area contributed by atoms with E-state index in [0.717, 1.165) is 19.3 Å². The van der Waals surface area contributed by atoms with E-state index in [1.165, 1.54) is 0 Å². The zero-order valence-electron chi connectivity index (χ0n) is 13.5. The smallest absolute Gasteiger partial charge is 0.422 e. The van der Waals surface area contributed by atoms with Crippen LogP contribution in [0.2, 0.25) is 0 Å². The third kappa shape index (κ3) is 13.7. The predicted octanol–water partition coefficient (Wildman–Crippen LogP) is 3.59. The molecule has 0 unspecified atom stereocenters. The van der Waals surface area contributed by atoms with Crippen LogP contribution in [0, 0.1) is 5.92 Å². The van der Waals surface area contributed by atoms with E-state index >= 15 is 0 Å². The third-order valence-corrected chi connectivity index (χ3v) is 3.01. The van der Waals surface area contributed by atoms with Gasteiger partial charge in [-0.2, -0.15) is 13.2 Å². The Bertz CT molecular complexity index is 343. The number of esters is 1. The van der Waals surface area contributed by atoms with Crippen molar-refractivity contribution >= 4 is 11.9 Å². The number of nitrogens with one attached hydrogen (secondary N) is 1. The normalized spacial score (nSPS) is 13.0. The van der Waals surface area contributed by atoms with Gasteiger partial charge in [0.05, 0.1) is 0 Å². The van der Waals surface area contributed by atoms with E-state index in [4.69, 9.17) is 0 Å². The summed E-state index contributed by atoms with van der Waals surface area (Å²) >= 11 is 0. The molecule has 0 fully saturated rings. The van der Waals surface area contributed by atoms with Crippen molar-refractivity contribution in [2.75, 3.05) is 6.61 Å². The quantitative estimate of drug-likeness (QED) is 0.625. The van der Waals surface area contributed by atoms with Gasteiger partial charge in [0.2, 0.25) is 5.91 Å². The molecule has 0 aromatic rings. The van der Waals surface area contributed by atoms with E-state index in [2.05, 4.69) is 23.9 Å². The fourth-order valence-electron chi connectivity index (χ4n) is 1.88. The van der Waals surface area contributed by atoms with Crippen LogP contribution in [0.1, 0.15) is 59.3 Å². The van der Waals surface area contributed by atoms with Gasteiger partial charge < -0.3 is 10.1 Å². The number of hydrogen-bond donors (Lipinski definition) is 1. The van der Waals surface area contributed by atoms with Gasteiger partial charge in [-0.3, -0.25) is 9.59 Å². The molecule has 0 aliphatic carbocycles. The van der Waals surface area contributed by atoms with Gasteiger partial charge in [-0.25, -0.2) is 0 Å². The Labute approximate surface area is 129 Å². The Kier molecular flexibility index (Phi) is 9.85. The first-order valence-corrected chi connectivity index (χ1v) is 7.62. The summed E-state index contributed by atoms with van der Waals surface area (Å²) in [6.07, 6.45) is -1.40. The third-order valence-electron chi connectivity index (χ3n) is 3.01. The average Bonchev–Trinajstić information content (AvgIpc) is 2.35. The van der Waals surface area contributed by atoms with Gasteiger partial charge in [-0.1, -0.05) is 26.7 Å². The molecule has 0 rings (SSSR count). The maximum absolute atomic E-state index is 11.8. The predicted molar refractivity (Wildman–Crippen MR) is 77.2 cm³/mol. The summed E-state index contributed by atoms with van der Waals surface area (Å²) < 4.78 is 39.5. The fourth-order valence-corrected chi connectivity index (χ4v) is 1.88. The monoisotopic (exact) mass is 325 g/mol. The van der Waals surface area contributed by atoms with Gasteiger partial charge in [0.25, 0.3) is 0 Å². The van der Waals surface area contributed by atoms with Gasteiger partial charge in [-0.05, 0) is 25.7 Å². The van der Waals surface area contributed by atoms with E-state index in [0.29, 0.717) is 5.92 Å². The summed E-state index contributed by atoms with van der Waals surface area (Å²) in [4.78, 5) is 22.7. The summed E-state index contributed by atoms with van der Waals surface area (Å²) in [6, 6.07) is 0.0587. The maximum atomic E-state index is 11.8. The lowest BCUT2D eigenvalue weighted by molar-refractivity contribution is -0.186. The average molecular weight is 325 g/mol. The number of halogens is 3. The Morgan fingerprint density at radius 2 is 1.68 bits per heavy atom. The highest BCUT2D eigenvalue weighted by atomic mass is 19.4. The summed E-state index contributed by atoms with van der Waals surface area (Å²) in [5.41, 5.74) is 0. The lowest BCUT2D eigenvalue weighted by Crippen LogP contribution is -2.32. The number of carbonyl (C=O) groups is 2. The van der Waals surface area contributed by atoms with Crippen molar-refractivity contribution in [3.63, 3.8) is 0 Å². The second-order valence-corrected chi connectivity index (χ2v) is 5.92. The van der Waals surface area contributed by atoms with Gasteiger partial charge in [0, 0.05) is 18.9 Å². The first-order chi connectivity index (χ1) is 10.1. The molecule has 7 heteroatoms. The molecule has 0 spiro atoms. The van der Waals surface area contributed by atoms with Crippen LogP contribution in [0.4, 0.5) is 13.2 Å². The molecule has 0 aromatic carbocycles. The minimum Gasteiger partial charge on any atom is -0.456 e. The van der Waals surface area contributed by atoms with E-state index in [-0.39, 0.29) is 31.2 Å². The van der Waals surface area contributed by atoms with E-state index in [1.54, 1.807) is 0 Å². The molecule has 0 saturated heterocycles. The number of carbonyl (C=O) groups excluding carboxylic acids is 2. The number of hydrogen-bond acceptors (Lipinski definition) is 3. The van der Waals surface area contributed by atoms with Gasteiger partial charge in [-0.15, -0.1) is 0 Å². The largest absolute Gasteiger partial charge is 0.456 e. The zero-order chi connectivity index (χ0) is 17.2. The molecule has 0 aromatic heterocycles. The molecule has 1 N–H and O–H groups in total. The summed E-state index contributed by atoms with van der Waals surface area (Å²) in [7, 11) is 0. The second kappa shape index (κ2) is 10.5. The molecule has 1 atom stereocenters. The Morgan fingerprint density at radius 1 is 1.05 bits per heavy atom. The van der Waals surface area contributed by atoms with Gasteiger partial charge in [0.15, 0.2) is 6.61 Å². The van der Waals surface area contributed by atoms with Crippen molar-refractivity contribution < 1.29 is 27.5 Å². The molecule has 130 valence electrons. The highest BCUT2D eigenvalue weighted by Gasteiger charge is 2.29. The van der Waals surface area contributed by atoms with Gasteiger partial charge >= 0.3 is 12.1 Å². The van der Waals surface area contributed by atoms with Crippen LogP contribution in [0.15, 0.2) is 0 Å². The van der Waals surface area contributed by atoms with Crippen LogP contribution in [0.3, 0.4) is 0 Å². The standard InChI is InChI=1S/C15H26F3NO3/c1-11(2)6-4-7-12(3)19-13(20)8-5-9-14(21)22-10-15(16,17)18/h11-12H,4-10H2,1-3H3,(H,19,20)/t12-/m0/s1. The highest BCUT2D eigenvalue weighted by molar-refractivity contribution is 5.77. The van der Waals surface area contributed by atoms with Crippen LogP contribution in [0.5, 0.6) is 0 Å². The summed E-state index contributed by atoms with van der Waals surface area (Å²) in [5, 5.41) is 2.81. The Hall–Kier alpha value is -1.27. The molecule has 0 bridgehead atoms.